The van der Waals surface area contributed by atoms with Crippen LogP contribution in [0.2, 0.25) is 0 Å². The van der Waals surface area contributed by atoms with Gasteiger partial charge in [-0.2, -0.15) is 0 Å². The largest absolute Gasteiger partial charge is 0.381 e. The Labute approximate surface area is 102 Å². The molecule has 17 heavy (non-hydrogen) atoms. The van der Waals surface area contributed by atoms with E-state index in [1.165, 1.54) is 0 Å². The summed E-state index contributed by atoms with van der Waals surface area (Å²) in [5.74, 6) is 0.423. The predicted molar refractivity (Wildman–Crippen MR) is 72.4 cm³/mol. The number of nitrogens with zero attached hydrogens (tertiary/aromatic N) is 2. The number of fused-ring (bicyclic) bond motifs is 1. The van der Waals surface area contributed by atoms with Crippen LogP contribution in [0.25, 0.3) is 11.0 Å². The van der Waals surface area contributed by atoms with Gasteiger partial charge in [0.15, 0.2) is 0 Å². The van der Waals surface area contributed by atoms with Crippen LogP contribution >= 0.6 is 0 Å². The smallest absolute Gasteiger partial charge is 0.112 e. The fourth-order valence-electron chi connectivity index (χ4n) is 1.80. The van der Waals surface area contributed by atoms with Crippen LogP contribution in [-0.2, 0) is 0 Å². The Balaban J connectivity index is 2.60. The first-order chi connectivity index (χ1) is 8.08. The van der Waals surface area contributed by atoms with Gasteiger partial charge in [-0.3, -0.25) is 9.97 Å². The number of aromatic nitrogens is 2. The highest BCUT2D eigenvalue weighted by Gasteiger charge is 2.09. The van der Waals surface area contributed by atoms with Crippen LogP contribution in [0.4, 0.5) is 5.69 Å². The highest BCUT2D eigenvalue weighted by atomic mass is 14.9. The first kappa shape index (κ1) is 11.8. The highest BCUT2D eigenvalue weighted by molar-refractivity contribution is 5.87. The monoisotopic (exact) mass is 229 g/mol. The first-order valence-corrected chi connectivity index (χ1v) is 6.10. The van der Waals surface area contributed by atoms with Gasteiger partial charge in [0.05, 0.1) is 11.2 Å². The third kappa shape index (κ3) is 2.54. The molecule has 2 heterocycles. The van der Waals surface area contributed by atoms with Crippen molar-refractivity contribution in [1.29, 1.82) is 0 Å². The molecule has 0 bridgehead atoms. The average Bonchev–Trinajstić information content (AvgIpc) is 2.28. The topological polar surface area (TPSA) is 37.8 Å². The molecule has 0 saturated heterocycles. The van der Waals surface area contributed by atoms with E-state index in [0.717, 1.165) is 22.4 Å². The second kappa shape index (κ2) is 4.70. The van der Waals surface area contributed by atoms with Crippen molar-refractivity contribution in [3.63, 3.8) is 0 Å². The Bertz CT molecular complexity index is 518. The summed E-state index contributed by atoms with van der Waals surface area (Å²) in [4.78, 5) is 9.05. The summed E-state index contributed by atoms with van der Waals surface area (Å²) in [7, 11) is 0. The fraction of sp³-hybridized carbons (Fsp3) is 0.429. The number of rotatable bonds is 3. The molecule has 3 nitrogen and oxygen atoms in total. The Morgan fingerprint density at radius 1 is 1.18 bits per heavy atom. The first-order valence-electron chi connectivity index (χ1n) is 6.10. The fourth-order valence-corrected chi connectivity index (χ4v) is 1.80. The Morgan fingerprint density at radius 2 is 1.94 bits per heavy atom. The van der Waals surface area contributed by atoms with Gasteiger partial charge < -0.3 is 5.32 Å². The summed E-state index contributed by atoms with van der Waals surface area (Å²) < 4.78 is 0. The molecule has 0 aliphatic carbocycles. The average molecular weight is 229 g/mol. The molecule has 0 atom stereocenters. The molecule has 0 radical (unpaired) electrons. The molecule has 2 rings (SSSR count). The summed E-state index contributed by atoms with van der Waals surface area (Å²) in [6.07, 6.45) is 1.81. The van der Waals surface area contributed by atoms with Crippen molar-refractivity contribution in [2.75, 3.05) is 5.32 Å². The lowest BCUT2D eigenvalue weighted by Crippen LogP contribution is -2.11. The zero-order valence-corrected chi connectivity index (χ0v) is 10.9. The molecule has 2 aromatic rings. The maximum Gasteiger partial charge on any atom is 0.112 e. The van der Waals surface area contributed by atoms with Crippen LogP contribution < -0.4 is 5.32 Å². The number of pyridine rings is 2. The minimum Gasteiger partial charge on any atom is -0.381 e. The van der Waals surface area contributed by atoms with Gasteiger partial charge in [0.2, 0.25) is 0 Å². The van der Waals surface area contributed by atoms with Gasteiger partial charge >= 0.3 is 0 Å². The lowest BCUT2D eigenvalue weighted by atomic mass is 10.1. The lowest BCUT2D eigenvalue weighted by Gasteiger charge is -2.14. The molecular weight excluding hydrogens is 210 g/mol. The maximum atomic E-state index is 4.64. The van der Waals surface area contributed by atoms with Crippen molar-refractivity contribution >= 4 is 16.7 Å². The third-order valence-electron chi connectivity index (χ3n) is 2.62. The number of hydrogen-bond donors (Lipinski definition) is 1. The molecule has 1 N–H and O–H groups in total. The molecule has 2 aromatic heterocycles. The van der Waals surface area contributed by atoms with Crippen LogP contribution in [0.5, 0.6) is 0 Å². The third-order valence-corrected chi connectivity index (χ3v) is 2.62. The molecule has 0 spiro atoms. The SMILES string of the molecule is CC(C)Nc1cc(C(C)C)nc2cccnc12. The van der Waals surface area contributed by atoms with E-state index in [2.05, 4.69) is 49.0 Å². The zero-order chi connectivity index (χ0) is 12.4. The van der Waals surface area contributed by atoms with E-state index in [0.29, 0.717) is 12.0 Å². The molecule has 3 heteroatoms. The van der Waals surface area contributed by atoms with E-state index in [1.807, 2.05) is 18.3 Å². The molecule has 0 aromatic carbocycles. The van der Waals surface area contributed by atoms with E-state index in [4.69, 9.17) is 0 Å². The maximum absolute atomic E-state index is 4.64. The molecule has 0 saturated carbocycles. The molecule has 0 aliphatic rings. The summed E-state index contributed by atoms with van der Waals surface area (Å²) in [5.41, 5.74) is 4.09. The molecule has 0 aliphatic heterocycles. The Kier molecular flexibility index (Phi) is 3.27. The quantitative estimate of drug-likeness (QED) is 0.874. The van der Waals surface area contributed by atoms with Crippen molar-refractivity contribution in [3.05, 3.63) is 30.1 Å². The summed E-state index contributed by atoms with van der Waals surface area (Å²) in [6, 6.07) is 6.45. The van der Waals surface area contributed by atoms with E-state index in [1.54, 1.807) is 0 Å². The second-order valence-corrected chi connectivity index (χ2v) is 4.92. The van der Waals surface area contributed by atoms with Gasteiger partial charge in [-0.25, -0.2) is 0 Å². The summed E-state index contributed by atoms with van der Waals surface area (Å²) >= 11 is 0. The van der Waals surface area contributed by atoms with Crippen molar-refractivity contribution in [3.8, 4) is 0 Å². The van der Waals surface area contributed by atoms with Gasteiger partial charge in [-0.05, 0) is 38.0 Å². The van der Waals surface area contributed by atoms with E-state index < -0.39 is 0 Å². The van der Waals surface area contributed by atoms with Gasteiger partial charge in [-0.15, -0.1) is 0 Å². The van der Waals surface area contributed by atoms with E-state index >= 15 is 0 Å². The zero-order valence-electron chi connectivity index (χ0n) is 10.9. The predicted octanol–water partition coefficient (Wildman–Crippen LogP) is 3.57. The van der Waals surface area contributed by atoms with Crippen LogP contribution in [0, 0.1) is 0 Å². The van der Waals surface area contributed by atoms with E-state index in [-0.39, 0.29) is 0 Å². The standard InChI is InChI=1S/C14H19N3/c1-9(2)12-8-13(16-10(3)4)14-11(17-12)6-5-7-15-14/h5-10H,1-4H3,(H,16,17). The normalized spacial score (nSPS) is 11.4. The molecule has 0 amide bonds. The number of anilines is 1. The lowest BCUT2D eigenvalue weighted by molar-refractivity contribution is 0.827. The molecule has 90 valence electrons. The van der Waals surface area contributed by atoms with Crippen molar-refractivity contribution in [2.24, 2.45) is 0 Å². The number of nitrogens with one attached hydrogen (secondary N) is 1. The van der Waals surface area contributed by atoms with Crippen LogP contribution in [-0.4, -0.2) is 16.0 Å². The second-order valence-electron chi connectivity index (χ2n) is 4.92. The number of hydrogen-bond acceptors (Lipinski definition) is 3. The Morgan fingerprint density at radius 3 is 2.59 bits per heavy atom. The minimum absolute atomic E-state index is 0.391. The van der Waals surface area contributed by atoms with Crippen LogP contribution in [0.1, 0.15) is 39.3 Å². The van der Waals surface area contributed by atoms with Gasteiger partial charge in [0.25, 0.3) is 0 Å². The molecule has 0 unspecified atom stereocenters. The molecule has 0 fully saturated rings. The molecular formula is C14H19N3. The van der Waals surface area contributed by atoms with Gasteiger partial charge in [0.1, 0.15) is 5.52 Å². The Hall–Kier alpha value is -1.64. The van der Waals surface area contributed by atoms with Crippen molar-refractivity contribution < 1.29 is 0 Å². The summed E-state index contributed by atoms with van der Waals surface area (Å²) in [6.45, 7) is 8.57. The van der Waals surface area contributed by atoms with Crippen molar-refractivity contribution in [2.45, 2.75) is 39.7 Å². The van der Waals surface area contributed by atoms with Gasteiger partial charge in [0, 0.05) is 17.9 Å². The van der Waals surface area contributed by atoms with Crippen molar-refractivity contribution in [1.82, 2.24) is 9.97 Å². The van der Waals surface area contributed by atoms with E-state index in [9.17, 15) is 0 Å². The summed E-state index contributed by atoms with van der Waals surface area (Å²) in [5, 5.41) is 3.44. The van der Waals surface area contributed by atoms with Gasteiger partial charge in [-0.1, -0.05) is 13.8 Å². The highest BCUT2D eigenvalue weighted by Crippen LogP contribution is 2.25. The minimum atomic E-state index is 0.391. The van der Waals surface area contributed by atoms with Crippen LogP contribution in [0.15, 0.2) is 24.4 Å². The van der Waals surface area contributed by atoms with Crippen LogP contribution in [0.3, 0.4) is 0 Å².